The van der Waals surface area contributed by atoms with Gasteiger partial charge >= 0.3 is 0 Å². The topological polar surface area (TPSA) is 36.9 Å². The van der Waals surface area contributed by atoms with Crippen LogP contribution in [0.2, 0.25) is 0 Å². The van der Waals surface area contributed by atoms with Gasteiger partial charge in [0, 0.05) is 18.3 Å². The van der Waals surface area contributed by atoms with Crippen molar-refractivity contribution in [2.24, 2.45) is 0 Å². The summed E-state index contributed by atoms with van der Waals surface area (Å²) >= 11 is 14.9. The molecule has 0 aromatic heterocycles. The van der Waals surface area contributed by atoms with Crippen molar-refractivity contribution in [2.75, 3.05) is 13.2 Å². The molecule has 2 rings (SSSR count). The minimum absolute atomic E-state index is 0.325. The van der Waals surface area contributed by atoms with Crippen LogP contribution in [0.15, 0.2) is 66.5 Å². The molecule has 37 heavy (non-hydrogen) atoms. The second-order valence-electron chi connectivity index (χ2n) is 9.61. The first-order valence-corrected chi connectivity index (χ1v) is 15.3. The first kappa shape index (κ1) is 32.6. The normalized spacial score (nSPS) is 13.2. The van der Waals surface area contributed by atoms with E-state index in [1.165, 1.54) is 0 Å². The van der Waals surface area contributed by atoms with Crippen LogP contribution in [0.5, 0.6) is 11.5 Å². The Kier molecular flexibility index (Phi) is 12.9. The van der Waals surface area contributed by atoms with E-state index in [2.05, 4.69) is 115 Å². The fourth-order valence-electron chi connectivity index (χ4n) is 3.44. The highest BCUT2D eigenvalue weighted by Gasteiger charge is 2.28. The minimum Gasteiger partial charge on any atom is -0.463 e. The zero-order valence-electron chi connectivity index (χ0n) is 22.4. The van der Waals surface area contributed by atoms with Crippen LogP contribution in [0.4, 0.5) is 0 Å². The number of halogens is 4. The van der Waals surface area contributed by atoms with Gasteiger partial charge in [-0.2, -0.15) is 0 Å². The summed E-state index contributed by atoms with van der Waals surface area (Å²) in [6.45, 7) is 21.0. The maximum absolute atomic E-state index is 6.18. The molecule has 2 unspecified atom stereocenters. The van der Waals surface area contributed by atoms with Crippen molar-refractivity contribution in [3.05, 3.63) is 77.6 Å². The fourth-order valence-corrected chi connectivity index (χ4v) is 6.18. The van der Waals surface area contributed by atoms with Crippen molar-refractivity contribution in [3.8, 4) is 11.5 Å². The van der Waals surface area contributed by atoms with E-state index in [1.54, 1.807) is 0 Å². The first-order valence-electron chi connectivity index (χ1n) is 12.1. The standard InChI is InChI=1S/C29H36Br4O4/c1-9-25(34-15-17(3)4)36-27-21(30)11-19(12-22(27)31)29(7,8)20-13-23(32)28(24(33)14-20)37-26(10-2)35-16-18(5)6/h11-14,25-26H,3,5,9-10,15-16H2,1-2,4,6-8H3. The van der Waals surface area contributed by atoms with E-state index in [1.807, 2.05) is 27.7 Å². The van der Waals surface area contributed by atoms with Gasteiger partial charge in [-0.05, 0) is 113 Å². The summed E-state index contributed by atoms with van der Waals surface area (Å²) in [5, 5.41) is 0. The Balaban J connectivity index is 2.33. The van der Waals surface area contributed by atoms with Crippen LogP contribution in [0.25, 0.3) is 0 Å². The summed E-state index contributed by atoms with van der Waals surface area (Å²) in [4.78, 5) is 0. The van der Waals surface area contributed by atoms with Crippen molar-refractivity contribution >= 4 is 63.7 Å². The van der Waals surface area contributed by atoms with Crippen LogP contribution in [-0.4, -0.2) is 25.8 Å². The van der Waals surface area contributed by atoms with Crippen molar-refractivity contribution < 1.29 is 18.9 Å². The van der Waals surface area contributed by atoms with E-state index >= 15 is 0 Å². The smallest absolute Gasteiger partial charge is 0.200 e. The maximum Gasteiger partial charge on any atom is 0.200 e. The Labute approximate surface area is 255 Å². The van der Waals surface area contributed by atoms with E-state index in [0.29, 0.717) is 37.6 Å². The molecule has 8 heteroatoms. The lowest BCUT2D eigenvalue weighted by Crippen LogP contribution is -2.23. The van der Waals surface area contributed by atoms with Crippen LogP contribution in [0.1, 0.15) is 65.5 Å². The molecule has 0 radical (unpaired) electrons. The molecular formula is C29H36Br4O4. The van der Waals surface area contributed by atoms with Crippen molar-refractivity contribution in [2.45, 2.75) is 72.4 Å². The lowest BCUT2D eigenvalue weighted by Gasteiger charge is -2.29. The van der Waals surface area contributed by atoms with E-state index < -0.39 is 0 Å². The van der Waals surface area contributed by atoms with Gasteiger partial charge in [0.1, 0.15) is 0 Å². The molecule has 0 bridgehead atoms. The fraction of sp³-hybridized carbons (Fsp3) is 0.448. The second-order valence-corrected chi connectivity index (χ2v) is 13.0. The summed E-state index contributed by atoms with van der Waals surface area (Å²) in [7, 11) is 0. The lowest BCUT2D eigenvalue weighted by molar-refractivity contribution is -0.0737. The molecule has 0 fully saturated rings. The molecule has 0 amide bonds. The summed E-state index contributed by atoms with van der Waals surface area (Å²) in [6.07, 6.45) is 0.697. The molecule has 0 aliphatic rings. The number of rotatable bonds is 14. The minimum atomic E-state index is -0.367. The summed E-state index contributed by atoms with van der Waals surface area (Å²) in [6, 6.07) is 8.37. The third-order valence-electron chi connectivity index (χ3n) is 5.64. The van der Waals surface area contributed by atoms with Crippen LogP contribution in [0.3, 0.4) is 0 Å². The van der Waals surface area contributed by atoms with E-state index in [-0.39, 0.29) is 18.0 Å². The van der Waals surface area contributed by atoms with Gasteiger partial charge in [0.2, 0.25) is 0 Å². The Morgan fingerprint density at radius 3 is 1.24 bits per heavy atom. The zero-order chi connectivity index (χ0) is 27.9. The molecule has 0 N–H and O–H groups in total. The van der Waals surface area contributed by atoms with Crippen LogP contribution < -0.4 is 9.47 Å². The third kappa shape index (κ3) is 9.21. The van der Waals surface area contributed by atoms with Gasteiger partial charge in [-0.15, -0.1) is 0 Å². The Bertz CT molecular complexity index is 982. The van der Waals surface area contributed by atoms with E-state index in [0.717, 1.165) is 40.2 Å². The van der Waals surface area contributed by atoms with Crippen LogP contribution in [0, 0.1) is 0 Å². The number of benzene rings is 2. The van der Waals surface area contributed by atoms with E-state index in [4.69, 9.17) is 18.9 Å². The second kappa shape index (κ2) is 14.7. The molecule has 2 atom stereocenters. The molecule has 0 saturated heterocycles. The highest BCUT2D eigenvalue weighted by molar-refractivity contribution is 9.11. The van der Waals surface area contributed by atoms with Gasteiger partial charge in [0.15, 0.2) is 24.1 Å². The maximum atomic E-state index is 6.18. The van der Waals surface area contributed by atoms with Gasteiger partial charge in [-0.3, -0.25) is 0 Å². The third-order valence-corrected chi connectivity index (χ3v) is 7.99. The molecule has 2 aromatic rings. The average Bonchev–Trinajstić information content (AvgIpc) is 2.81. The molecule has 204 valence electrons. The SMILES string of the molecule is C=C(C)COC(CC)Oc1c(Br)cc(C(C)(C)c2cc(Br)c(OC(CC)OCC(=C)C)c(Br)c2)cc1Br. The van der Waals surface area contributed by atoms with Crippen molar-refractivity contribution in [3.63, 3.8) is 0 Å². The van der Waals surface area contributed by atoms with E-state index in [9.17, 15) is 0 Å². The van der Waals surface area contributed by atoms with Gasteiger partial charge in [0.05, 0.1) is 31.1 Å². The summed E-state index contributed by atoms with van der Waals surface area (Å²) in [5.74, 6) is 1.42. The quantitative estimate of drug-likeness (QED) is 0.142. The first-order chi connectivity index (χ1) is 17.3. The predicted molar refractivity (Wildman–Crippen MR) is 167 cm³/mol. The monoisotopic (exact) mass is 764 g/mol. The lowest BCUT2D eigenvalue weighted by atomic mass is 9.78. The average molecular weight is 768 g/mol. The molecule has 0 aliphatic heterocycles. The molecular weight excluding hydrogens is 732 g/mol. The predicted octanol–water partition coefficient (Wildman–Crippen LogP) is 10.5. The van der Waals surface area contributed by atoms with Crippen LogP contribution in [-0.2, 0) is 14.9 Å². The Morgan fingerprint density at radius 2 is 1.00 bits per heavy atom. The number of hydrogen-bond acceptors (Lipinski definition) is 4. The summed E-state index contributed by atoms with van der Waals surface area (Å²) < 4.78 is 27.4. The van der Waals surface area contributed by atoms with Gasteiger partial charge in [-0.1, -0.05) is 52.0 Å². The molecule has 0 aliphatic carbocycles. The van der Waals surface area contributed by atoms with Gasteiger partial charge in [-0.25, -0.2) is 0 Å². The highest BCUT2D eigenvalue weighted by atomic mass is 79.9. The van der Waals surface area contributed by atoms with Gasteiger partial charge in [0.25, 0.3) is 0 Å². The summed E-state index contributed by atoms with van der Waals surface area (Å²) in [5.41, 5.74) is 3.80. The number of hydrogen-bond donors (Lipinski definition) is 0. The molecule has 4 nitrogen and oxygen atoms in total. The Morgan fingerprint density at radius 1 is 0.703 bits per heavy atom. The largest absolute Gasteiger partial charge is 0.463 e. The highest BCUT2D eigenvalue weighted by Crippen LogP contribution is 2.44. The van der Waals surface area contributed by atoms with Crippen molar-refractivity contribution in [1.29, 1.82) is 0 Å². The molecule has 0 saturated carbocycles. The molecule has 0 heterocycles. The Hall–Kier alpha value is -0.640. The molecule has 0 spiro atoms. The molecule has 2 aromatic carbocycles. The number of ether oxygens (including phenoxy) is 4. The van der Waals surface area contributed by atoms with Gasteiger partial charge < -0.3 is 18.9 Å². The van der Waals surface area contributed by atoms with Crippen molar-refractivity contribution in [1.82, 2.24) is 0 Å². The zero-order valence-corrected chi connectivity index (χ0v) is 28.7. The van der Waals surface area contributed by atoms with Crippen LogP contribution >= 0.6 is 63.7 Å².